The number of hydrogen-bond acceptors (Lipinski definition) is 4. The van der Waals surface area contributed by atoms with Crippen molar-refractivity contribution in [2.24, 2.45) is 11.3 Å². The molecule has 1 aromatic carbocycles. The molecule has 3 aliphatic rings. The van der Waals surface area contributed by atoms with Crippen LogP contribution in [0.3, 0.4) is 0 Å². The largest absolute Gasteiger partial charge is 0.492 e. The summed E-state index contributed by atoms with van der Waals surface area (Å²) in [5.41, 5.74) is 3.86. The molecule has 2 aliphatic heterocycles. The predicted molar refractivity (Wildman–Crippen MR) is 116 cm³/mol. The minimum absolute atomic E-state index is 0.0476. The molecule has 1 aliphatic carbocycles. The fourth-order valence-electron chi connectivity index (χ4n) is 5.35. The van der Waals surface area contributed by atoms with Crippen LogP contribution in [-0.2, 0) is 11.2 Å². The van der Waals surface area contributed by atoms with Crippen LogP contribution < -0.4 is 19.1 Å². The van der Waals surface area contributed by atoms with Gasteiger partial charge in [-0.25, -0.2) is 0 Å². The average Bonchev–Trinajstić information content (AvgIpc) is 3.16. The van der Waals surface area contributed by atoms with Crippen molar-refractivity contribution < 1.29 is 23.9 Å². The first kappa shape index (κ1) is 21.0. The standard InChI is InChI=1S/C25H33NO4/c1-16-7-6-11-25(2,3)19(16)9-8-18(27)14-20-22-17(10-12-26(20)4)13-21-23(24(22)28-5)30-15-29-21/h7-9,13,19-20H,6,10-12,14-15H2,1-5H3/p+1/b9-8+/t19-,20-/m1/s1. The Bertz CT molecular complexity index is 899. The van der Waals surface area contributed by atoms with Gasteiger partial charge >= 0.3 is 0 Å². The zero-order chi connectivity index (χ0) is 21.5. The molecule has 0 amide bonds. The van der Waals surface area contributed by atoms with Crippen molar-refractivity contribution in [1.29, 1.82) is 0 Å². The number of carbonyl (C=O) groups is 1. The van der Waals surface area contributed by atoms with E-state index in [-0.39, 0.29) is 24.0 Å². The van der Waals surface area contributed by atoms with Gasteiger partial charge in [0.05, 0.1) is 32.7 Å². The van der Waals surface area contributed by atoms with Crippen molar-refractivity contribution in [3.8, 4) is 17.2 Å². The normalized spacial score (nSPS) is 27.0. The Balaban J connectivity index is 1.59. The minimum atomic E-state index is 0.0476. The Morgan fingerprint density at radius 2 is 2.17 bits per heavy atom. The van der Waals surface area contributed by atoms with E-state index in [0.717, 1.165) is 42.9 Å². The predicted octanol–water partition coefficient (Wildman–Crippen LogP) is 3.43. The summed E-state index contributed by atoms with van der Waals surface area (Å²) >= 11 is 0. The maximum absolute atomic E-state index is 13.0. The zero-order valence-electron chi connectivity index (χ0n) is 18.8. The summed E-state index contributed by atoms with van der Waals surface area (Å²) in [7, 11) is 3.83. The quantitative estimate of drug-likeness (QED) is 0.595. The molecular formula is C25H34NO4+. The summed E-state index contributed by atoms with van der Waals surface area (Å²) in [4.78, 5) is 14.4. The molecule has 0 aromatic heterocycles. The molecule has 4 rings (SSSR count). The number of allylic oxidation sites excluding steroid dienone is 4. The van der Waals surface area contributed by atoms with Gasteiger partial charge in [0, 0.05) is 12.3 Å². The second-order valence-corrected chi connectivity index (χ2v) is 9.60. The van der Waals surface area contributed by atoms with Gasteiger partial charge in [0.1, 0.15) is 6.04 Å². The van der Waals surface area contributed by atoms with Gasteiger partial charge in [-0.2, -0.15) is 0 Å². The van der Waals surface area contributed by atoms with Gasteiger partial charge in [0.25, 0.3) is 0 Å². The third kappa shape index (κ3) is 3.76. The van der Waals surface area contributed by atoms with Crippen LogP contribution in [0, 0.1) is 11.3 Å². The van der Waals surface area contributed by atoms with E-state index in [1.54, 1.807) is 7.11 Å². The number of methoxy groups -OCH3 is 1. The van der Waals surface area contributed by atoms with Gasteiger partial charge in [-0.15, -0.1) is 0 Å². The molecule has 0 spiro atoms. The topological polar surface area (TPSA) is 49.2 Å². The highest BCUT2D eigenvalue weighted by Crippen LogP contribution is 2.48. The Labute approximate surface area is 179 Å². The van der Waals surface area contributed by atoms with Gasteiger partial charge in [-0.3, -0.25) is 4.79 Å². The summed E-state index contributed by atoms with van der Waals surface area (Å²) in [5, 5.41) is 0. The van der Waals surface area contributed by atoms with Crippen molar-refractivity contribution >= 4 is 5.78 Å². The third-order valence-electron chi connectivity index (χ3n) is 7.15. The van der Waals surface area contributed by atoms with Crippen LogP contribution in [0.4, 0.5) is 0 Å². The number of hydrogen-bond donors (Lipinski definition) is 1. The van der Waals surface area contributed by atoms with E-state index in [2.05, 4.69) is 46.0 Å². The van der Waals surface area contributed by atoms with E-state index < -0.39 is 0 Å². The first-order chi connectivity index (χ1) is 14.3. The maximum atomic E-state index is 13.0. The molecule has 1 unspecified atom stereocenters. The summed E-state index contributed by atoms with van der Waals surface area (Å²) < 4.78 is 17.0. The molecule has 0 saturated carbocycles. The lowest BCUT2D eigenvalue weighted by atomic mass is 9.68. The summed E-state index contributed by atoms with van der Waals surface area (Å²) in [6.07, 6.45) is 9.93. The van der Waals surface area contributed by atoms with Crippen LogP contribution >= 0.6 is 0 Å². The van der Waals surface area contributed by atoms with Gasteiger partial charge in [-0.05, 0) is 42.9 Å². The van der Waals surface area contributed by atoms with Crippen molar-refractivity contribution in [3.63, 3.8) is 0 Å². The lowest BCUT2D eigenvalue weighted by molar-refractivity contribution is -0.914. The first-order valence-electron chi connectivity index (χ1n) is 11.0. The summed E-state index contributed by atoms with van der Waals surface area (Å²) in [5.74, 6) is 2.64. The van der Waals surface area contributed by atoms with Crippen LogP contribution in [-0.4, -0.2) is 33.3 Å². The van der Waals surface area contributed by atoms with Crippen molar-refractivity contribution in [2.45, 2.75) is 52.5 Å². The van der Waals surface area contributed by atoms with Gasteiger partial charge in [0.15, 0.2) is 17.3 Å². The number of rotatable bonds is 5. The van der Waals surface area contributed by atoms with E-state index in [4.69, 9.17) is 14.2 Å². The lowest BCUT2D eigenvalue weighted by Gasteiger charge is -2.36. The van der Waals surface area contributed by atoms with Gasteiger partial charge in [0.2, 0.25) is 12.5 Å². The number of ether oxygens (including phenoxy) is 3. The molecule has 0 fully saturated rings. The molecule has 5 nitrogen and oxygen atoms in total. The average molecular weight is 413 g/mol. The van der Waals surface area contributed by atoms with Crippen molar-refractivity contribution in [1.82, 2.24) is 0 Å². The van der Waals surface area contributed by atoms with E-state index in [9.17, 15) is 4.79 Å². The molecule has 2 heterocycles. The lowest BCUT2D eigenvalue weighted by Crippen LogP contribution is -3.10. The van der Waals surface area contributed by atoms with Crippen LogP contribution in [0.2, 0.25) is 0 Å². The van der Waals surface area contributed by atoms with E-state index in [0.29, 0.717) is 18.1 Å². The second-order valence-electron chi connectivity index (χ2n) is 9.60. The second kappa shape index (κ2) is 8.10. The molecule has 3 atom stereocenters. The Kier molecular flexibility index (Phi) is 5.67. The highest BCUT2D eigenvalue weighted by Gasteiger charge is 2.37. The van der Waals surface area contributed by atoms with Crippen LogP contribution in [0.25, 0.3) is 0 Å². The highest BCUT2D eigenvalue weighted by molar-refractivity contribution is 5.90. The third-order valence-corrected chi connectivity index (χ3v) is 7.15. The molecule has 5 heteroatoms. The molecule has 0 radical (unpaired) electrons. The van der Waals surface area contributed by atoms with Gasteiger partial charge < -0.3 is 19.1 Å². The minimum Gasteiger partial charge on any atom is -0.492 e. The van der Waals surface area contributed by atoms with Crippen LogP contribution in [0.5, 0.6) is 17.2 Å². The molecule has 30 heavy (non-hydrogen) atoms. The number of ketones is 1. The molecule has 0 bridgehead atoms. The summed E-state index contributed by atoms with van der Waals surface area (Å²) in [6, 6.07) is 2.12. The van der Waals surface area contributed by atoms with Crippen molar-refractivity contribution in [3.05, 3.63) is 41.0 Å². The van der Waals surface area contributed by atoms with E-state index in [1.165, 1.54) is 16.0 Å². The van der Waals surface area contributed by atoms with Crippen LogP contribution in [0.1, 0.15) is 57.2 Å². The molecule has 162 valence electrons. The Morgan fingerprint density at radius 3 is 2.90 bits per heavy atom. The maximum Gasteiger partial charge on any atom is 0.231 e. The number of likely N-dealkylation sites (N-methyl/N-ethyl adjacent to an activating group) is 1. The fourth-order valence-corrected chi connectivity index (χ4v) is 5.35. The molecular weight excluding hydrogens is 378 g/mol. The molecule has 1 N–H and O–H groups in total. The number of quaternary nitrogens is 1. The summed E-state index contributed by atoms with van der Waals surface area (Å²) in [6.45, 7) is 7.98. The Morgan fingerprint density at radius 1 is 1.37 bits per heavy atom. The Hall–Kier alpha value is -2.27. The number of carbonyl (C=O) groups excluding carboxylic acids is 1. The van der Waals surface area contributed by atoms with E-state index in [1.807, 2.05) is 6.08 Å². The number of nitrogens with one attached hydrogen (secondary N) is 1. The molecule has 0 saturated heterocycles. The first-order valence-corrected chi connectivity index (χ1v) is 11.0. The van der Waals surface area contributed by atoms with Crippen LogP contribution in [0.15, 0.2) is 29.9 Å². The SMILES string of the molecule is COc1c2c(cc3c1[C@@H](CC(=O)/C=C/[C@@H]1C(C)=CCCC1(C)C)[NH+](C)CC3)OCO2. The number of benzene rings is 1. The smallest absolute Gasteiger partial charge is 0.231 e. The number of fused-ring (bicyclic) bond motifs is 2. The monoisotopic (exact) mass is 412 g/mol. The highest BCUT2D eigenvalue weighted by atomic mass is 16.7. The van der Waals surface area contributed by atoms with E-state index >= 15 is 0 Å². The zero-order valence-corrected chi connectivity index (χ0v) is 18.8. The molecule has 1 aromatic rings. The van der Waals surface area contributed by atoms with Gasteiger partial charge in [-0.1, -0.05) is 31.6 Å². The fraction of sp³-hybridized carbons (Fsp3) is 0.560. The van der Waals surface area contributed by atoms with Crippen molar-refractivity contribution in [2.75, 3.05) is 27.5 Å².